The molecule has 0 fully saturated rings. The van der Waals surface area contributed by atoms with Crippen LogP contribution in [0.3, 0.4) is 0 Å². The van der Waals surface area contributed by atoms with Crippen molar-refractivity contribution in [1.29, 1.82) is 0 Å². The molecule has 0 heterocycles. The zero-order chi connectivity index (χ0) is 12.7. The van der Waals surface area contributed by atoms with Gasteiger partial charge in [0.1, 0.15) is 5.76 Å². The molecule has 0 saturated heterocycles. The van der Waals surface area contributed by atoms with Crippen LogP contribution in [0.4, 0.5) is 0 Å². The number of esters is 1. The van der Waals surface area contributed by atoms with Gasteiger partial charge in [-0.3, -0.25) is 0 Å². The molecule has 0 unspecified atom stereocenters. The molecule has 0 atom stereocenters. The van der Waals surface area contributed by atoms with Crippen LogP contribution in [0.5, 0.6) is 0 Å². The summed E-state index contributed by atoms with van der Waals surface area (Å²) in [5.41, 5.74) is 0.849. The van der Waals surface area contributed by atoms with E-state index in [1.54, 1.807) is 18.2 Å². The van der Waals surface area contributed by atoms with Crippen LogP contribution in [0.15, 0.2) is 42.2 Å². The molecular weight excluding hydrogens is 240 g/mol. The largest absolute Gasteiger partial charge is 0.496 e. The van der Waals surface area contributed by atoms with E-state index in [1.807, 2.05) is 18.2 Å². The number of carbonyl (C=O) groups is 1. The van der Waals surface area contributed by atoms with Crippen LogP contribution in [-0.2, 0) is 14.3 Å². The van der Waals surface area contributed by atoms with Gasteiger partial charge in [0.25, 0.3) is 0 Å². The third-order valence-corrected chi connectivity index (χ3v) is 2.37. The zero-order valence-electron chi connectivity index (χ0n) is 9.64. The zero-order valence-corrected chi connectivity index (χ0v) is 10.4. The number of benzene rings is 1. The molecule has 0 aliphatic heterocycles. The Bertz CT molecular complexity index is 450. The van der Waals surface area contributed by atoms with Gasteiger partial charge in [0.15, 0.2) is 0 Å². The highest BCUT2D eigenvalue weighted by molar-refractivity contribution is 6.32. The Kier molecular flexibility index (Phi) is 5.30. The van der Waals surface area contributed by atoms with E-state index in [4.69, 9.17) is 16.3 Å². The lowest BCUT2D eigenvalue weighted by molar-refractivity contribution is -0.135. The summed E-state index contributed by atoms with van der Waals surface area (Å²) in [5.74, 6) is -0.0672. The van der Waals surface area contributed by atoms with E-state index in [0.29, 0.717) is 10.8 Å². The van der Waals surface area contributed by atoms with Gasteiger partial charge in [-0.2, -0.15) is 0 Å². The van der Waals surface area contributed by atoms with Gasteiger partial charge in [-0.05, 0) is 23.8 Å². The van der Waals surface area contributed by atoms with Crippen LogP contribution in [-0.4, -0.2) is 20.2 Å². The number of ether oxygens (including phenoxy) is 2. The Morgan fingerprint density at radius 3 is 2.53 bits per heavy atom. The minimum atomic E-state index is -0.467. The molecule has 0 aliphatic carbocycles. The Morgan fingerprint density at radius 1 is 1.24 bits per heavy atom. The molecule has 0 amide bonds. The second kappa shape index (κ2) is 6.76. The van der Waals surface area contributed by atoms with E-state index in [2.05, 4.69) is 4.74 Å². The summed E-state index contributed by atoms with van der Waals surface area (Å²) >= 11 is 5.98. The van der Waals surface area contributed by atoms with E-state index in [0.717, 1.165) is 5.56 Å². The Morgan fingerprint density at radius 2 is 1.94 bits per heavy atom. The Hall–Kier alpha value is -1.74. The van der Waals surface area contributed by atoms with E-state index in [-0.39, 0.29) is 0 Å². The minimum Gasteiger partial charge on any atom is -0.496 e. The smallest absolute Gasteiger partial charge is 0.334 e. The predicted molar refractivity (Wildman–Crippen MR) is 67.6 cm³/mol. The molecule has 17 heavy (non-hydrogen) atoms. The molecule has 4 heteroatoms. The molecule has 1 aromatic carbocycles. The maximum Gasteiger partial charge on any atom is 0.334 e. The van der Waals surface area contributed by atoms with Crippen molar-refractivity contribution >= 4 is 23.6 Å². The maximum absolute atomic E-state index is 11.0. The van der Waals surface area contributed by atoms with Gasteiger partial charge in [0, 0.05) is 5.02 Å². The number of hydrogen-bond acceptors (Lipinski definition) is 3. The summed E-state index contributed by atoms with van der Waals surface area (Å²) in [4.78, 5) is 11.0. The standard InChI is InChI=1S/C13H13ClO3/c1-16-11(9-13(15)17-2)8-7-10-5-3-4-6-12(10)14/h3-9H,1-2H3/b8-7+,11-9+. The lowest BCUT2D eigenvalue weighted by Gasteiger charge is -2.00. The third-order valence-electron chi connectivity index (χ3n) is 2.03. The molecule has 0 saturated carbocycles. The van der Waals surface area contributed by atoms with Crippen molar-refractivity contribution in [3.63, 3.8) is 0 Å². The van der Waals surface area contributed by atoms with Crippen LogP contribution in [0.1, 0.15) is 5.56 Å². The number of carbonyl (C=O) groups excluding carboxylic acids is 1. The highest BCUT2D eigenvalue weighted by Gasteiger charge is 1.99. The molecule has 3 nitrogen and oxygen atoms in total. The topological polar surface area (TPSA) is 35.5 Å². The van der Waals surface area contributed by atoms with Gasteiger partial charge >= 0.3 is 5.97 Å². The molecule has 1 aromatic rings. The highest BCUT2D eigenvalue weighted by atomic mass is 35.5. The van der Waals surface area contributed by atoms with E-state index in [1.165, 1.54) is 20.3 Å². The van der Waals surface area contributed by atoms with E-state index >= 15 is 0 Å². The van der Waals surface area contributed by atoms with Crippen LogP contribution >= 0.6 is 11.6 Å². The molecule has 0 bridgehead atoms. The van der Waals surface area contributed by atoms with Crippen molar-refractivity contribution in [2.24, 2.45) is 0 Å². The first kappa shape index (κ1) is 13.3. The number of allylic oxidation sites excluding steroid dienone is 1. The summed E-state index contributed by atoms with van der Waals surface area (Å²) in [6.45, 7) is 0. The number of hydrogen-bond donors (Lipinski definition) is 0. The van der Waals surface area contributed by atoms with Crippen LogP contribution < -0.4 is 0 Å². The fourth-order valence-corrected chi connectivity index (χ4v) is 1.33. The van der Waals surface area contributed by atoms with Crippen molar-refractivity contribution in [3.8, 4) is 0 Å². The lowest BCUT2D eigenvalue weighted by Crippen LogP contribution is -1.97. The average Bonchev–Trinajstić information content (AvgIpc) is 2.35. The molecule has 0 spiro atoms. The average molecular weight is 253 g/mol. The minimum absolute atomic E-state index is 0.400. The van der Waals surface area contributed by atoms with E-state index < -0.39 is 5.97 Å². The van der Waals surface area contributed by atoms with Crippen LogP contribution in [0.2, 0.25) is 5.02 Å². The number of methoxy groups -OCH3 is 2. The van der Waals surface area contributed by atoms with Gasteiger partial charge in [-0.1, -0.05) is 29.8 Å². The summed E-state index contributed by atoms with van der Waals surface area (Å²) in [7, 11) is 2.79. The Balaban J connectivity index is 2.85. The molecule has 0 aliphatic rings. The SMILES string of the molecule is COC(=O)/C=C(\C=C\c1ccccc1Cl)OC. The summed E-state index contributed by atoms with van der Waals surface area (Å²) < 4.78 is 9.52. The normalized spacial score (nSPS) is 11.6. The number of rotatable bonds is 4. The molecule has 90 valence electrons. The first-order valence-corrected chi connectivity index (χ1v) is 5.31. The highest BCUT2D eigenvalue weighted by Crippen LogP contribution is 2.17. The van der Waals surface area contributed by atoms with Gasteiger partial charge in [-0.15, -0.1) is 0 Å². The molecule has 0 aromatic heterocycles. The van der Waals surface area contributed by atoms with Crippen molar-refractivity contribution in [2.45, 2.75) is 0 Å². The summed E-state index contributed by atoms with van der Waals surface area (Å²) in [5, 5.41) is 0.636. The predicted octanol–water partition coefficient (Wildman–Crippen LogP) is 3.06. The maximum atomic E-state index is 11.0. The third kappa shape index (κ3) is 4.33. The monoisotopic (exact) mass is 252 g/mol. The van der Waals surface area contributed by atoms with Crippen molar-refractivity contribution < 1.29 is 14.3 Å². The van der Waals surface area contributed by atoms with Crippen LogP contribution in [0, 0.1) is 0 Å². The van der Waals surface area contributed by atoms with Crippen molar-refractivity contribution in [3.05, 3.63) is 52.8 Å². The van der Waals surface area contributed by atoms with Crippen LogP contribution in [0.25, 0.3) is 6.08 Å². The first-order chi connectivity index (χ1) is 8.17. The van der Waals surface area contributed by atoms with E-state index in [9.17, 15) is 4.79 Å². The molecule has 0 N–H and O–H groups in total. The summed E-state index contributed by atoms with van der Waals surface area (Å²) in [6, 6.07) is 7.38. The second-order valence-corrected chi connectivity index (χ2v) is 3.54. The van der Waals surface area contributed by atoms with Gasteiger partial charge < -0.3 is 9.47 Å². The quantitative estimate of drug-likeness (QED) is 0.358. The number of halogens is 1. The first-order valence-electron chi connectivity index (χ1n) is 4.93. The van der Waals surface area contributed by atoms with Gasteiger partial charge in [-0.25, -0.2) is 4.79 Å². The fourth-order valence-electron chi connectivity index (χ4n) is 1.13. The summed E-state index contributed by atoms with van der Waals surface area (Å²) in [6.07, 6.45) is 4.67. The lowest BCUT2D eigenvalue weighted by atomic mass is 10.2. The molecular formula is C13H13ClO3. The van der Waals surface area contributed by atoms with Gasteiger partial charge in [0.2, 0.25) is 0 Å². The van der Waals surface area contributed by atoms with Crippen molar-refractivity contribution in [2.75, 3.05) is 14.2 Å². The second-order valence-electron chi connectivity index (χ2n) is 3.13. The molecule has 1 rings (SSSR count). The van der Waals surface area contributed by atoms with Gasteiger partial charge in [0.05, 0.1) is 20.3 Å². The Labute approximate surface area is 105 Å². The van der Waals surface area contributed by atoms with Crippen molar-refractivity contribution in [1.82, 2.24) is 0 Å². The molecule has 0 radical (unpaired) electrons. The fraction of sp³-hybridized carbons (Fsp3) is 0.154.